The fourth-order valence-corrected chi connectivity index (χ4v) is 2.43. The molecule has 0 aliphatic rings. The number of carbonyl (C=O) groups excluding carboxylic acids is 1. The van der Waals surface area contributed by atoms with Crippen LogP contribution in [0.25, 0.3) is 16.7 Å². The average Bonchev–Trinajstić information content (AvgIpc) is 3.07. The van der Waals surface area contributed by atoms with Gasteiger partial charge in [-0.3, -0.25) is 0 Å². The molecular formula is C19H19N3O4. The predicted octanol–water partition coefficient (Wildman–Crippen LogP) is 2.93. The highest BCUT2D eigenvalue weighted by molar-refractivity contribution is 5.81. The molecule has 0 saturated carbocycles. The molecule has 0 spiro atoms. The first kappa shape index (κ1) is 17.5. The van der Waals surface area contributed by atoms with Gasteiger partial charge in [0.1, 0.15) is 16.7 Å². The van der Waals surface area contributed by atoms with E-state index in [4.69, 9.17) is 9.47 Å². The standard InChI is InChI=1S/C19H19N3O4/c1-3-18(23)26-10-6-9-25-17-12-13(2)11-16(19(17)24)22-20-14-7-4-5-8-15(14)21-22/h3-5,7-8,11-12,24H,1,6,9-10H2,2H3. The quantitative estimate of drug-likeness (QED) is 0.399. The zero-order chi connectivity index (χ0) is 18.5. The molecule has 3 aromatic rings. The third-order valence-electron chi connectivity index (χ3n) is 3.66. The zero-order valence-electron chi connectivity index (χ0n) is 14.4. The van der Waals surface area contributed by atoms with Crippen molar-refractivity contribution >= 4 is 17.0 Å². The van der Waals surface area contributed by atoms with Gasteiger partial charge in [0.25, 0.3) is 0 Å². The van der Waals surface area contributed by atoms with E-state index in [1.165, 1.54) is 4.80 Å². The van der Waals surface area contributed by atoms with Gasteiger partial charge in [0, 0.05) is 12.5 Å². The first-order valence-corrected chi connectivity index (χ1v) is 8.16. The smallest absolute Gasteiger partial charge is 0.330 e. The lowest BCUT2D eigenvalue weighted by Crippen LogP contribution is -2.07. The summed E-state index contributed by atoms with van der Waals surface area (Å²) in [5.41, 5.74) is 2.81. The van der Waals surface area contributed by atoms with E-state index < -0.39 is 5.97 Å². The van der Waals surface area contributed by atoms with Gasteiger partial charge >= 0.3 is 5.97 Å². The van der Waals surface area contributed by atoms with Crippen LogP contribution in [0.4, 0.5) is 0 Å². The highest BCUT2D eigenvalue weighted by Crippen LogP contribution is 2.34. The van der Waals surface area contributed by atoms with E-state index in [0.29, 0.717) is 17.9 Å². The number of phenols is 1. The summed E-state index contributed by atoms with van der Waals surface area (Å²) in [5, 5.41) is 19.3. The molecule has 0 unspecified atom stereocenters. The van der Waals surface area contributed by atoms with Crippen molar-refractivity contribution in [2.75, 3.05) is 13.2 Å². The van der Waals surface area contributed by atoms with Gasteiger partial charge in [0.05, 0.1) is 13.2 Å². The molecule has 26 heavy (non-hydrogen) atoms. The number of aromatic hydroxyl groups is 1. The highest BCUT2D eigenvalue weighted by atomic mass is 16.5. The number of esters is 1. The van der Waals surface area contributed by atoms with E-state index in [2.05, 4.69) is 16.8 Å². The van der Waals surface area contributed by atoms with Crippen LogP contribution in [0, 0.1) is 6.92 Å². The van der Waals surface area contributed by atoms with Crippen molar-refractivity contribution in [2.45, 2.75) is 13.3 Å². The molecule has 2 aromatic carbocycles. The number of hydrogen-bond acceptors (Lipinski definition) is 6. The molecule has 1 aromatic heterocycles. The molecule has 7 nitrogen and oxygen atoms in total. The minimum absolute atomic E-state index is 0.0426. The summed E-state index contributed by atoms with van der Waals surface area (Å²) in [4.78, 5) is 12.4. The van der Waals surface area contributed by atoms with Crippen molar-refractivity contribution in [3.8, 4) is 17.2 Å². The number of hydrogen-bond donors (Lipinski definition) is 1. The molecule has 3 rings (SSSR count). The summed E-state index contributed by atoms with van der Waals surface area (Å²) in [6.45, 7) is 5.73. The molecule has 1 heterocycles. The minimum Gasteiger partial charge on any atom is -0.503 e. The Morgan fingerprint density at radius 2 is 1.92 bits per heavy atom. The number of rotatable bonds is 7. The number of benzene rings is 2. The van der Waals surface area contributed by atoms with E-state index in [0.717, 1.165) is 22.7 Å². The van der Waals surface area contributed by atoms with Crippen LogP contribution < -0.4 is 4.74 Å². The Hall–Kier alpha value is -3.35. The fourth-order valence-electron chi connectivity index (χ4n) is 2.43. The van der Waals surface area contributed by atoms with Gasteiger partial charge in [-0.15, -0.1) is 15.0 Å². The molecule has 0 radical (unpaired) electrons. The second-order valence-corrected chi connectivity index (χ2v) is 5.68. The Balaban J connectivity index is 1.76. The van der Waals surface area contributed by atoms with Gasteiger partial charge in [-0.05, 0) is 36.8 Å². The summed E-state index contributed by atoms with van der Waals surface area (Å²) >= 11 is 0. The van der Waals surface area contributed by atoms with Crippen LogP contribution in [-0.4, -0.2) is 39.3 Å². The van der Waals surface area contributed by atoms with E-state index in [9.17, 15) is 9.90 Å². The fraction of sp³-hybridized carbons (Fsp3) is 0.211. The third-order valence-corrected chi connectivity index (χ3v) is 3.66. The largest absolute Gasteiger partial charge is 0.503 e. The van der Waals surface area contributed by atoms with Crippen molar-refractivity contribution in [1.29, 1.82) is 0 Å². The van der Waals surface area contributed by atoms with E-state index in [1.807, 2.05) is 31.2 Å². The lowest BCUT2D eigenvalue weighted by Gasteiger charge is -2.12. The molecule has 0 saturated heterocycles. The summed E-state index contributed by atoms with van der Waals surface area (Å²) in [6, 6.07) is 11.0. The number of carbonyl (C=O) groups is 1. The summed E-state index contributed by atoms with van der Waals surface area (Å²) < 4.78 is 10.5. The molecule has 7 heteroatoms. The summed E-state index contributed by atoms with van der Waals surface area (Å²) in [5.74, 6) is -0.182. The van der Waals surface area contributed by atoms with Crippen molar-refractivity contribution in [2.24, 2.45) is 0 Å². The van der Waals surface area contributed by atoms with Crippen LogP contribution in [0.15, 0.2) is 49.1 Å². The molecule has 0 aliphatic heterocycles. The number of aromatic nitrogens is 3. The maximum Gasteiger partial charge on any atom is 0.330 e. The van der Waals surface area contributed by atoms with Crippen LogP contribution in [0.1, 0.15) is 12.0 Å². The van der Waals surface area contributed by atoms with Crippen LogP contribution >= 0.6 is 0 Å². The van der Waals surface area contributed by atoms with E-state index in [1.54, 1.807) is 12.1 Å². The normalized spacial score (nSPS) is 10.7. The Morgan fingerprint density at radius 1 is 1.23 bits per heavy atom. The number of nitrogens with zero attached hydrogens (tertiary/aromatic N) is 3. The van der Waals surface area contributed by atoms with Gasteiger partial charge in [0.15, 0.2) is 11.5 Å². The summed E-state index contributed by atoms with van der Waals surface area (Å²) in [7, 11) is 0. The maximum atomic E-state index is 11.0. The van der Waals surface area contributed by atoms with E-state index in [-0.39, 0.29) is 19.0 Å². The number of phenolic OH excluding ortho intramolecular Hbond substituents is 1. The molecule has 0 amide bonds. The highest BCUT2D eigenvalue weighted by Gasteiger charge is 2.14. The monoisotopic (exact) mass is 353 g/mol. The number of aryl methyl sites for hydroxylation is 1. The molecule has 134 valence electrons. The maximum absolute atomic E-state index is 11.0. The van der Waals surface area contributed by atoms with Gasteiger partial charge < -0.3 is 14.6 Å². The molecule has 0 fully saturated rings. The first-order valence-electron chi connectivity index (χ1n) is 8.16. The van der Waals surface area contributed by atoms with Gasteiger partial charge in [-0.25, -0.2) is 4.79 Å². The molecule has 0 bridgehead atoms. The Bertz CT molecular complexity index is 916. The lowest BCUT2D eigenvalue weighted by atomic mass is 10.2. The van der Waals surface area contributed by atoms with Crippen molar-refractivity contribution in [3.63, 3.8) is 0 Å². The molecular weight excluding hydrogens is 334 g/mol. The molecule has 0 aliphatic carbocycles. The lowest BCUT2D eigenvalue weighted by molar-refractivity contribution is -0.137. The first-order chi connectivity index (χ1) is 12.6. The van der Waals surface area contributed by atoms with Crippen LogP contribution in [-0.2, 0) is 9.53 Å². The van der Waals surface area contributed by atoms with Gasteiger partial charge in [-0.2, -0.15) is 0 Å². The average molecular weight is 353 g/mol. The second kappa shape index (κ2) is 7.69. The summed E-state index contributed by atoms with van der Waals surface area (Å²) in [6.07, 6.45) is 1.60. The second-order valence-electron chi connectivity index (χ2n) is 5.68. The molecule has 0 atom stereocenters. The molecule has 1 N–H and O–H groups in total. The van der Waals surface area contributed by atoms with Crippen molar-refractivity contribution < 1.29 is 19.4 Å². The number of fused-ring (bicyclic) bond motifs is 1. The van der Waals surface area contributed by atoms with E-state index >= 15 is 0 Å². The van der Waals surface area contributed by atoms with Gasteiger partial charge in [-0.1, -0.05) is 18.7 Å². The van der Waals surface area contributed by atoms with Gasteiger partial charge in [0.2, 0.25) is 0 Å². The number of ether oxygens (including phenoxy) is 2. The third kappa shape index (κ3) is 3.83. The Morgan fingerprint density at radius 3 is 2.58 bits per heavy atom. The van der Waals surface area contributed by atoms with Crippen LogP contribution in [0.3, 0.4) is 0 Å². The Labute approximate surface area is 150 Å². The topological polar surface area (TPSA) is 86.5 Å². The Kier molecular flexibility index (Phi) is 5.17. The zero-order valence-corrected chi connectivity index (χ0v) is 14.4. The minimum atomic E-state index is -0.470. The van der Waals surface area contributed by atoms with Crippen molar-refractivity contribution in [1.82, 2.24) is 15.0 Å². The predicted molar refractivity (Wildman–Crippen MR) is 96.5 cm³/mol. The van der Waals surface area contributed by atoms with Crippen LogP contribution in [0.5, 0.6) is 11.5 Å². The SMILES string of the molecule is C=CC(=O)OCCCOc1cc(C)cc(-n2nc3ccccc3n2)c1O. The van der Waals surface area contributed by atoms with Crippen LogP contribution in [0.2, 0.25) is 0 Å². The van der Waals surface area contributed by atoms with Crippen molar-refractivity contribution in [3.05, 3.63) is 54.6 Å².